The van der Waals surface area contributed by atoms with Crippen LogP contribution >= 0.6 is 0 Å². The van der Waals surface area contributed by atoms with Crippen LogP contribution in [-0.2, 0) is 4.79 Å². The summed E-state index contributed by atoms with van der Waals surface area (Å²) in [6.45, 7) is 0.123. The first-order valence-electron chi connectivity index (χ1n) is 5.47. The van der Waals surface area contributed by atoms with E-state index in [9.17, 15) is 14.0 Å². The highest BCUT2D eigenvalue weighted by Gasteiger charge is 2.40. The molecular formula is C12H12FNO4. The lowest BCUT2D eigenvalue weighted by Gasteiger charge is -2.16. The van der Waals surface area contributed by atoms with Gasteiger partial charge in [-0.25, -0.2) is 14.0 Å². The molecule has 1 fully saturated rings. The fraction of sp³-hybridized carbons (Fsp3) is 0.333. The molecule has 1 heterocycles. The molecule has 6 heteroatoms. The maximum Gasteiger partial charge on any atom is 0.408 e. The number of halogens is 1. The molecule has 0 bridgehead atoms. The van der Waals surface area contributed by atoms with Crippen molar-refractivity contribution in [1.29, 1.82) is 0 Å². The van der Waals surface area contributed by atoms with Gasteiger partial charge in [-0.15, -0.1) is 0 Å². The molecule has 1 aliphatic heterocycles. The molecule has 2 rings (SSSR count). The van der Waals surface area contributed by atoms with Gasteiger partial charge in [0.15, 0.2) is 0 Å². The molecule has 0 spiro atoms. The maximum atomic E-state index is 12.8. The van der Waals surface area contributed by atoms with Gasteiger partial charge in [0.05, 0.1) is 0 Å². The summed E-state index contributed by atoms with van der Waals surface area (Å²) in [5.74, 6) is -1.73. The van der Waals surface area contributed by atoms with E-state index in [-0.39, 0.29) is 24.7 Å². The zero-order valence-corrected chi connectivity index (χ0v) is 9.41. The van der Waals surface area contributed by atoms with E-state index < -0.39 is 18.1 Å². The first-order valence-corrected chi connectivity index (χ1v) is 5.47. The summed E-state index contributed by atoms with van der Waals surface area (Å²) in [7, 11) is 0. The van der Waals surface area contributed by atoms with Crippen LogP contribution in [0.3, 0.4) is 0 Å². The van der Waals surface area contributed by atoms with Gasteiger partial charge in [0, 0.05) is 12.5 Å². The van der Waals surface area contributed by atoms with Gasteiger partial charge >= 0.3 is 12.1 Å². The second-order valence-corrected chi connectivity index (χ2v) is 4.27. The predicted octanol–water partition coefficient (Wildman–Crippen LogP) is 1.75. The van der Waals surface area contributed by atoms with Crippen LogP contribution in [0, 0.1) is 5.82 Å². The quantitative estimate of drug-likeness (QED) is 0.841. The zero-order chi connectivity index (χ0) is 13.3. The highest BCUT2D eigenvalue weighted by molar-refractivity contribution is 5.80. The van der Waals surface area contributed by atoms with Gasteiger partial charge in [-0.1, -0.05) is 12.1 Å². The minimum Gasteiger partial charge on any atom is -0.480 e. The number of aliphatic carboxylic acids is 1. The van der Waals surface area contributed by atoms with E-state index >= 15 is 0 Å². The van der Waals surface area contributed by atoms with Crippen molar-refractivity contribution in [2.24, 2.45) is 0 Å². The Balaban J connectivity index is 2.20. The topological polar surface area (TPSA) is 77.8 Å². The van der Waals surface area contributed by atoms with Crippen LogP contribution in [0.15, 0.2) is 24.3 Å². The summed E-state index contributed by atoms with van der Waals surface area (Å²) in [6, 6.07) is 4.66. The Labute approximate surface area is 102 Å². The first-order chi connectivity index (χ1) is 8.49. The molecule has 1 amide bonds. The van der Waals surface area contributed by atoms with E-state index in [0.717, 1.165) is 10.5 Å². The van der Waals surface area contributed by atoms with Crippen LogP contribution < -0.4 is 0 Å². The van der Waals surface area contributed by atoms with E-state index in [0.29, 0.717) is 0 Å². The Morgan fingerprint density at radius 3 is 2.28 bits per heavy atom. The van der Waals surface area contributed by atoms with Crippen molar-refractivity contribution >= 4 is 12.1 Å². The zero-order valence-electron chi connectivity index (χ0n) is 9.41. The standard InChI is InChI=1S/C12H12FNO4/c13-9-3-1-7(2-4-9)8-5-10(11(15)16)14(6-8)12(17)18/h1-4,8,10H,5-6H2,(H,15,16)(H,17,18)/t8?,10-/m1/s1. The van der Waals surface area contributed by atoms with Gasteiger partial charge in [0.2, 0.25) is 0 Å². The average molecular weight is 253 g/mol. The first kappa shape index (κ1) is 12.3. The van der Waals surface area contributed by atoms with Crippen LogP contribution in [0.4, 0.5) is 9.18 Å². The smallest absolute Gasteiger partial charge is 0.408 e. The molecule has 1 saturated heterocycles. The SMILES string of the molecule is O=C(O)[C@H]1CC(c2ccc(F)cc2)CN1C(=O)O. The minimum atomic E-state index is -1.24. The summed E-state index contributed by atoms with van der Waals surface area (Å²) >= 11 is 0. The van der Waals surface area contributed by atoms with Crippen molar-refractivity contribution in [3.05, 3.63) is 35.6 Å². The van der Waals surface area contributed by atoms with Gasteiger partial charge in [-0.05, 0) is 24.1 Å². The van der Waals surface area contributed by atoms with Crippen LogP contribution in [0.5, 0.6) is 0 Å². The summed E-state index contributed by atoms with van der Waals surface area (Å²) in [5.41, 5.74) is 0.756. The number of carboxylic acid groups (broad SMARTS) is 2. The van der Waals surface area contributed by atoms with E-state index in [1.165, 1.54) is 12.1 Å². The minimum absolute atomic E-state index is 0.123. The van der Waals surface area contributed by atoms with E-state index in [1.807, 2.05) is 0 Å². The Morgan fingerprint density at radius 1 is 1.22 bits per heavy atom. The largest absolute Gasteiger partial charge is 0.480 e. The monoisotopic (exact) mass is 253 g/mol. The molecule has 1 aromatic rings. The molecule has 1 unspecified atom stereocenters. The number of carbonyl (C=O) groups is 2. The van der Waals surface area contributed by atoms with Gasteiger partial charge in [0.1, 0.15) is 11.9 Å². The highest BCUT2D eigenvalue weighted by Crippen LogP contribution is 2.31. The van der Waals surface area contributed by atoms with Crippen molar-refractivity contribution in [2.75, 3.05) is 6.54 Å². The summed E-state index contributed by atoms with van der Waals surface area (Å²) in [6.07, 6.45) is -1.03. The highest BCUT2D eigenvalue weighted by atomic mass is 19.1. The number of rotatable bonds is 2. The van der Waals surface area contributed by atoms with Gasteiger partial charge < -0.3 is 10.2 Å². The molecular weight excluding hydrogens is 241 g/mol. The normalized spacial score (nSPS) is 23.1. The Morgan fingerprint density at radius 2 is 1.83 bits per heavy atom. The number of hydrogen-bond acceptors (Lipinski definition) is 2. The third-order valence-corrected chi connectivity index (χ3v) is 3.17. The van der Waals surface area contributed by atoms with Gasteiger partial charge in [-0.3, -0.25) is 4.90 Å². The predicted molar refractivity (Wildman–Crippen MR) is 59.9 cm³/mol. The summed E-state index contributed by atoms with van der Waals surface area (Å²) in [5, 5.41) is 17.9. The Bertz CT molecular complexity index is 451. The van der Waals surface area contributed by atoms with Gasteiger partial charge in [0.25, 0.3) is 0 Å². The van der Waals surface area contributed by atoms with E-state index in [2.05, 4.69) is 0 Å². The number of hydrogen-bond donors (Lipinski definition) is 2. The van der Waals surface area contributed by atoms with E-state index in [4.69, 9.17) is 10.2 Å². The molecule has 5 nitrogen and oxygen atoms in total. The second kappa shape index (κ2) is 4.64. The van der Waals surface area contributed by atoms with Crippen LogP contribution in [0.25, 0.3) is 0 Å². The molecule has 0 saturated carbocycles. The second-order valence-electron chi connectivity index (χ2n) is 4.27. The molecule has 96 valence electrons. The average Bonchev–Trinajstić information content (AvgIpc) is 2.75. The molecule has 18 heavy (non-hydrogen) atoms. The molecule has 2 atom stereocenters. The Kier molecular flexibility index (Phi) is 3.18. The molecule has 1 aromatic carbocycles. The molecule has 0 radical (unpaired) electrons. The molecule has 2 N–H and O–H groups in total. The third kappa shape index (κ3) is 2.27. The molecule has 0 aliphatic carbocycles. The van der Waals surface area contributed by atoms with Gasteiger partial charge in [-0.2, -0.15) is 0 Å². The Hall–Kier alpha value is -2.11. The van der Waals surface area contributed by atoms with E-state index in [1.54, 1.807) is 12.1 Å². The third-order valence-electron chi connectivity index (χ3n) is 3.17. The number of amides is 1. The van der Waals surface area contributed by atoms with Crippen LogP contribution in [-0.4, -0.2) is 39.8 Å². The number of benzene rings is 1. The van der Waals surface area contributed by atoms with Crippen molar-refractivity contribution in [3.8, 4) is 0 Å². The molecule has 1 aliphatic rings. The van der Waals surface area contributed by atoms with Crippen molar-refractivity contribution in [1.82, 2.24) is 4.90 Å². The number of likely N-dealkylation sites (tertiary alicyclic amines) is 1. The van der Waals surface area contributed by atoms with Crippen LogP contribution in [0.1, 0.15) is 17.9 Å². The number of carboxylic acids is 1. The summed E-state index contributed by atoms with van der Waals surface area (Å²) < 4.78 is 12.8. The maximum absolute atomic E-state index is 12.8. The lowest BCUT2D eigenvalue weighted by atomic mass is 9.96. The van der Waals surface area contributed by atoms with Crippen LogP contribution in [0.2, 0.25) is 0 Å². The molecule has 0 aromatic heterocycles. The number of nitrogens with zero attached hydrogens (tertiary/aromatic N) is 1. The van der Waals surface area contributed by atoms with Crippen molar-refractivity contribution < 1.29 is 24.2 Å². The van der Waals surface area contributed by atoms with Crippen molar-refractivity contribution in [3.63, 3.8) is 0 Å². The van der Waals surface area contributed by atoms with Crippen molar-refractivity contribution in [2.45, 2.75) is 18.4 Å². The lowest BCUT2D eigenvalue weighted by molar-refractivity contribution is -0.141. The lowest BCUT2D eigenvalue weighted by Crippen LogP contribution is -2.39. The fourth-order valence-corrected chi connectivity index (χ4v) is 2.26. The fourth-order valence-electron chi connectivity index (χ4n) is 2.26. The summed E-state index contributed by atoms with van der Waals surface area (Å²) in [4.78, 5) is 22.8.